The molecule has 2 aromatic carbocycles. The second kappa shape index (κ2) is 9.69. The number of benzene rings is 2. The number of fused-ring (bicyclic) bond motifs is 1. The van der Waals surface area contributed by atoms with E-state index in [0.29, 0.717) is 10.8 Å². The average molecular weight is 502 g/mol. The van der Waals surface area contributed by atoms with Crippen molar-refractivity contribution >= 4 is 27.4 Å². The van der Waals surface area contributed by atoms with Gasteiger partial charge >= 0.3 is 23.7 Å². The lowest BCUT2D eigenvalue weighted by Gasteiger charge is -2.32. The topological polar surface area (TPSA) is 35.5 Å². The summed E-state index contributed by atoms with van der Waals surface area (Å²) >= 11 is 1.34. The van der Waals surface area contributed by atoms with Crippen LogP contribution in [-0.4, -0.2) is 37.0 Å². The van der Waals surface area contributed by atoms with Crippen LogP contribution in [0.3, 0.4) is 0 Å². The van der Waals surface area contributed by atoms with Gasteiger partial charge in [0, 0.05) is 15.7 Å². The molecule has 1 aromatic heterocycles. The molecule has 0 N–H and O–H groups in total. The molecule has 34 heavy (non-hydrogen) atoms. The second-order valence-electron chi connectivity index (χ2n) is 7.44. The smallest absolute Gasteiger partial charge is 0.378 e. The fraction of sp³-hybridized carbons (Fsp3) is 0.292. The highest BCUT2D eigenvalue weighted by Crippen LogP contribution is 2.46. The predicted octanol–water partition coefficient (Wildman–Crippen LogP) is 7.14. The molecule has 1 heterocycles. The number of esters is 1. The number of thiophene rings is 1. The minimum absolute atomic E-state index is 0.181. The zero-order valence-electron chi connectivity index (χ0n) is 17.9. The lowest BCUT2D eigenvalue weighted by atomic mass is 10.1. The third-order valence-electron chi connectivity index (χ3n) is 5.04. The van der Waals surface area contributed by atoms with Gasteiger partial charge in [0.2, 0.25) is 0 Å². The van der Waals surface area contributed by atoms with Crippen LogP contribution in [0.25, 0.3) is 20.5 Å². The molecule has 0 atom stereocenters. The SMILES string of the molecule is C=CC(=O)OCC(F)(F)C(F)(F)C(F)(F)COc1ccc2cc(-c3ccc(CC)cc3)sc2c1. The molecule has 182 valence electrons. The van der Waals surface area contributed by atoms with E-state index in [1.807, 2.05) is 37.3 Å². The first-order valence-electron chi connectivity index (χ1n) is 10.1. The van der Waals surface area contributed by atoms with Gasteiger partial charge in [-0.15, -0.1) is 11.3 Å². The second-order valence-corrected chi connectivity index (χ2v) is 8.53. The number of halogens is 6. The van der Waals surface area contributed by atoms with E-state index in [0.717, 1.165) is 22.2 Å². The molecule has 0 aliphatic rings. The number of carbonyl (C=O) groups is 1. The minimum Gasteiger partial charge on any atom is -0.487 e. The van der Waals surface area contributed by atoms with E-state index < -0.39 is 37.0 Å². The molecular weight excluding hydrogens is 482 g/mol. The number of alkyl halides is 6. The van der Waals surface area contributed by atoms with E-state index in [4.69, 9.17) is 4.74 Å². The lowest BCUT2D eigenvalue weighted by Crippen LogP contribution is -2.58. The fourth-order valence-electron chi connectivity index (χ4n) is 2.99. The van der Waals surface area contributed by atoms with Gasteiger partial charge in [0.05, 0.1) is 0 Å². The van der Waals surface area contributed by atoms with Crippen molar-refractivity contribution in [2.45, 2.75) is 31.1 Å². The highest BCUT2D eigenvalue weighted by atomic mass is 32.1. The molecule has 0 fully saturated rings. The number of aryl methyl sites for hydroxylation is 1. The number of hydrogen-bond acceptors (Lipinski definition) is 4. The number of rotatable bonds is 10. The van der Waals surface area contributed by atoms with Gasteiger partial charge in [-0.3, -0.25) is 0 Å². The molecule has 0 unspecified atom stereocenters. The Labute approximate surface area is 195 Å². The largest absolute Gasteiger partial charge is 0.487 e. The Morgan fingerprint density at radius 3 is 2.24 bits per heavy atom. The van der Waals surface area contributed by atoms with Crippen LogP contribution < -0.4 is 4.74 Å². The third kappa shape index (κ3) is 5.22. The maximum atomic E-state index is 14.1. The molecule has 0 aliphatic carbocycles. The molecule has 0 amide bonds. The van der Waals surface area contributed by atoms with Crippen molar-refractivity contribution in [2.75, 3.05) is 13.2 Å². The Bertz CT molecular complexity index is 1170. The van der Waals surface area contributed by atoms with Gasteiger partial charge < -0.3 is 9.47 Å². The Kier molecular flexibility index (Phi) is 7.30. The summed E-state index contributed by atoms with van der Waals surface area (Å²) in [4.78, 5) is 11.7. The summed E-state index contributed by atoms with van der Waals surface area (Å²) in [6, 6.07) is 14.0. The molecule has 0 saturated carbocycles. The first-order valence-corrected chi connectivity index (χ1v) is 10.9. The Morgan fingerprint density at radius 2 is 1.62 bits per heavy atom. The van der Waals surface area contributed by atoms with E-state index in [1.165, 1.54) is 29.0 Å². The van der Waals surface area contributed by atoms with Crippen LogP contribution in [0.2, 0.25) is 0 Å². The summed E-state index contributed by atoms with van der Waals surface area (Å²) in [7, 11) is 0. The van der Waals surface area contributed by atoms with E-state index in [1.54, 1.807) is 6.07 Å². The highest BCUT2D eigenvalue weighted by Gasteiger charge is 2.72. The summed E-state index contributed by atoms with van der Waals surface area (Å²) in [6.07, 6.45) is 1.34. The van der Waals surface area contributed by atoms with Crippen molar-refractivity contribution in [3.8, 4) is 16.2 Å². The first-order chi connectivity index (χ1) is 15.9. The van der Waals surface area contributed by atoms with Gasteiger partial charge in [-0.2, -0.15) is 26.3 Å². The summed E-state index contributed by atoms with van der Waals surface area (Å²) in [6.45, 7) is 0.705. The summed E-state index contributed by atoms with van der Waals surface area (Å²) in [5.41, 5.74) is 2.12. The number of carbonyl (C=O) groups excluding carboxylic acids is 1. The van der Waals surface area contributed by atoms with Crippen LogP contribution in [0.4, 0.5) is 26.3 Å². The first kappa shape index (κ1) is 25.6. The summed E-state index contributed by atoms with van der Waals surface area (Å²) in [5.74, 6) is -18.1. The maximum absolute atomic E-state index is 14.1. The van der Waals surface area contributed by atoms with Crippen LogP contribution in [-0.2, 0) is 16.0 Å². The van der Waals surface area contributed by atoms with Gasteiger partial charge in [-0.05, 0) is 47.2 Å². The van der Waals surface area contributed by atoms with E-state index in [-0.39, 0.29) is 5.75 Å². The van der Waals surface area contributed by atoms with Gasteiger partial charge in [-0.25, -0.2) is 4.79 Å². The van der Waals surface area contributed by atoms with Crippen LogP contribution in [0.1, 0.15) is 12.5 Å². The average Bonchev–Trinajstić information content (AvgIpc) is 3.24. The monoisotopic (exact) mass is 502 g/mol. The molecule has 0 saturated heterocycles. The van der Waals surface area contributed by atoms with Crippen LogP contribution in [0.5, 0.6) is 5.75 Å². The van der Waals surface area contributed by atoms with Gasteiger partial charge in [0.1, 0.15) is 5.75 Å². The van der Waals surface area contributed by atoms with Crippen molar-refractivity contribution in [1.29, 1.82) is 0 Å². The third-order valence-corrected chi connectivity index (χ3v) is 6.19. The summed E-state index contributed by atoms with van der Waals surface area (Å²) < 4.78 is 92.8. The zero-order chi connectivity index (χ0) is 25.1. The normalized spacial score (nSPS) is 12.6. The Hall–Kier alpha value is -3.01. The standard InChI is InChI=1S/C24H20F6O3S/c1-3-15-5-7-16(8-6-15)19-11-17-9-10-18(12-20(17)34-19)32-13-22(25,26)24(29,30)23(27,28)14-33-21(31)4-2/h4-12H,2-3,13-14H2,1H3. The molecule has 0 radical (unpaired) electrons. The molecule has 10 heteroatoms. The summed E-state index contributed by atoms with van der Waals surface area (Å²) in [5, 5.41) is 0.777. The van der Waals surface area contributed by atoms with Gasteiger partial charge in [-0.1, -0.05) is 37.8 Å². The molecule has 0 spiro atoms. The molecule has 3 rings (SSSR count). The Balaban J connectivity index is 1.74. The van der Waals surface area contributed by atoms with Gasteiger partial charge in [0.25, 0.3) is 0 Å². The van der Waals surface area contributed by atoms with Crippen molar-refractivity contribution in [3.63, 3.8) is 0 Å². The van der Waals surface area contributed by atoms with E-state index in [2.05, 4.69) is 11.3 Å². The van der Waals surface area contributed by atoms with Crippen molar-refractivity contribution < 1.29 is 40.6 Å². The molecule has 0 bridgehead atoms. The van der Waals surface area contributed by atoms with E-state index in [9.17, 15) is 31.1 Å². The quantitative estimate of drug-likeness (QED) is 0.168. The highest BCUT2D eigenvalue weighted by molar-refractivity contribution is 7.22. The molecule has 0 aliphatic heterocycles. The lowest BCUT2D eigenvalue weighted by molar-refractivity contribution is -0.322. The Morgan fingerprint density at radius 1 is 0.971 bits per heavy atom. The maximum Gasteiger partial charge on any atom is 0.378 e. The van der Waals surface area contributed by atoms with Gasteiger partial charge in [0.15, 0.2) is 13.2 Å². The number of ether oxygens (including phenoxy) is 2. The number of hydrogen-bond donors (Lipinski definition) is 0. The van der Waals surface area contributed by atoms with Crippen LogP contribution >= 0.6 is 11.3 Å². The van der Waals surface area contributed by atoms with Crippen molar-refractivity contribution in [1.82, 2.24) is 0 Å². The minimum atomic E-state index is -5.84. The van der Waals surface area contributed by atoms with Crippen molar-refractivity contribution in [3.05, 3.63) is 66.7 Å². The van der Waals surface area contributed by atoms with Crippen molar-refractivity contribution in [2.24, 2.45) is 0 Å². The van der Waals surface area contributed by atoms with Crippen LogP contribution in [0, 0.1) is 0 Å². The molecular formula is C24H20F6O3S. The zero-order valence-corrected chi connectivity index (χ0v) is 18.7. The molecule has 3 aromatic rings. The molecule has 3 nitrogen and oxygen atoms in total. The van der Waals surface area contributed by atoms with E-state index >= 15 is 0 Å². The predicted molar refractivity (Wildman–Crippen MR) is 118 cm³/mol. The van der Waals surface area contributed by atoms with Crippen LogP contribution in [0.15, 0.2) is 61.2 Å². The fourth-order valence-corrected chi connectivity index (χ4v) is 4.09.